The highest BCUT2D eigenvalue weighted by molar-refractivity contribution is 9.09. The predicted octanol–water partition coefficient (Wildman–Crippen LogP) is 14.1. The molecule has 0 bridgehead atoms. The van der Waals surface area contributed by atoms with Crippen LogP contribution in [0.2, 0.25) is 6.04 Å². The molecule has 0 saturated carbocycles. The number of unbranched alkanes of at least 4 members (excludes halogenated alkanes) is 29. The SMILES string of the molecule is CCO[Si](CCCCCCCCCCCCCCCCCCCCCCCCCCCCCCCCBr)(OCC)OCC. The summed E-state index contributed by atoms with van der Waals surface area (Å²) in [6.07, 6.45) is 43.1. The van der Waals surface area contributed by atoms with Crippen LogP contribution in [-0.2, 0) is 13.3 Å². The van der Waals surface area contributed by atoms with E-state index in [4.69, 9.17) is 13.3 Å². The van der Waals surface area contributed by atoms with Gasteiger partial charge in [-0.05, 0) is 33.6 Å². The van der Waals surface area contributed by atoms with Gasteiger partial charge in [0.2, 0.25) is 0 Å². The van der Waals surface area contributed by atoms with E-state index in [1.165, 1.54) is 198 Å². The van der Waals surface area contributed by atoms with Crippen LogP contribution in [0, 0.1) is 0 Å². The van der Waals surface area contributed by atoms with E-state index in [0.29, 0.717) is 19.8 Å². The van der Waals surface area contributed by atoms with Crippen LogP contribution in [0.5, 0.6) is 0 Å². The van der Waals surface area contributed by atoms with Crippen LogP contribution in [0.1, 0.15) is 213 Å². The van der Waals surface area contributed by atoms with E-state index in [-0.39, 0.29) is 0 Å². The summed E-state index contributed by atoms with van der Waals surface area (Å²) in [6, 6.07) is 0.974. The van der Waals surface area contributed by atoms with Crippen molar-refractivity contribution < 1.29 is 13.3 Å². The lowest BCUT2D eigenvalue weighted by atomic mass is 10.0. The van der Waals surface area contributed by atoms with Crippen LogP contribution in [0.25, 0.3) is 0 Å². The van der Waals surface area contributed by atoms with Crippen molar-refractivity contribution in [3.63, 3.8) is 0 Å². The molecule has 0 saturated heterocycles. The highest BCUT2D eigenvalue weighted by Gasteiger charge is 2.39. The Hall–Kier alpha value is 0.577. The van der Waals surface area contributed by atoms with Crippen LogP contribution in [0.3, 0.4) is 0 Å². The lowest BCUT2D eigenvalue weighted by Gasteiger charge is -2.28. The molecule has 0 aromatic carbocycles. The Kier molecular flexibility index (Phi) is 37.5. The molecule has 0 fully saturated rings. The fourth-order valence-corrected chi connectivity index (χ4v) is 9.47. The van der Waals surface area contributed by atoms with E-state index in [1.54, 1.807) is 0 Å². The van der Waals surface area contributed by atoms with Gasteiger partial charge in [-0.15, -0.1) is 0 Å². The third-order valence-electron chi connectivity index (χ3n) is 8.96. The minimum Gasteiger partial charge on any atom is -0.374 e. The monoisotopic (exact) mass is 690 g/mol. The smallest absolute Gasteiger partial charge is 0.374 e. The fraction of sp³-hybridized carbons (Fsp3) is 1.00. The molecule has 0 N–H and O–H groups in total. The summed E-state index contributed by atoms with van der Waals surface area (Å²) in [4.78, 5) is 0. The van der Waals surface area contributed by atoms with Crippen LogP contribution < -0.4 is 0 Å². The Morgan fingerprint density at radius 1 is 0.302 bits per heavy atom. The summed E-state index contributed by atoms with van der Waals surface area (Å²) < 4.78 is 17.9. The number of hydrogen-bond donors (Lipinski definition) is 0. The Labute approximate surface area is 281 Å². The van der Waals surface area contributed by atoms with Gasteiger partial charge in [0.1, 0.15) is 0 Å². The summed E-state index contributed by atoms with van der Waals surface area (Å²) in [7, 11) is -2.42. The molecule has 0 aliphatic heterocycles. The van der Waals surface area contributed by atoms with Crippen molar-refractivity contribution in [3.8, 4) is 0 Å². The van der Waals surface area contributed by atoms with Gasteiger partial charge >= 0.3 is 8.80 Å². The van der Waals surface area contributed by atoms with Crippen LogP contribution in [0.4, 0.5) is 0 Å². The molecule has 0 aromatic rings. The molecule has 5 heteroatoms. The molecular weight excluding hydrogens is 612 g/mol. The standard InChI is InChI=1S/C38H79BrO3Si/c1-4-40-43(41-5-2,42-6-3)38-36-34-32-30-28-26-24-22-20-18-16-14-12-10-8-7-9-11-13-15-17-19-21-23-25-27-29-31-33-35-37-39/h4-38H2,1-3H3. The number of alkyl halides is 1. The average Bonchev–Trinajstić information content (AvgIpc) is 3.00. The number of rotatable bonds is 38. The second-order valence-electron chi connectivity index (χ2n) is 13.0. The average molecular weight is 692 g/mol. The summed E-state index contributed by atoms with van der Waals surface area (Å²) in [5.41, 5.74) is 0. The van der Waals surface area contributed by atoms with E-state index in [0.717, 1.165) is 6.04 Å². The maximum Gasteiger partial charge on any atom is 0.500 e. The van der Waals surface area contributed by atoms with Crippen LogP contribution in [0.15, 0.2) is 0 Å². The topological polar surface area (TPSA) is 27.7 Å². The van der Waals surface area contributed by atoms with Gasteiger partial charge in [0.05, 0.1) is 0 Å². The molecular formula is C38H79BrO3Si. The third kappa shape index (κ3) is 32.3. The zero-order chi connectivity index (χ0) is 31.4. The van der Waals surface area contributed by atoms with Gasteiger partial charge in [0, 0.05) is 31.2 Å². The molecule has 0 aliphatic rings. The second-order valence-corrected chi connectivity index (χ2v) is 16.6. The summed E-state index contributed by atoms with van der Waals surface area (Å²) in [5.74, 6) is 0. The van der Waals surface area contributed by atoms with E-state index in [2.05, 4.69) is 15.9 Å². The number of halogens is 1. The second kappa shape index (κ2) is 37.0. The molecule has 0 unspecified atom stereocenters. The third-order valence-corrected chi connectivity index (χ3v) is 12.7. The van der Waals surface area contributed by atoms with Gasteiger partial charge in [-0.25, -0.2) is 0 Å². The highest BCUT2D eigenvalue weighted by atomic mass is 79.9. The lowest BCUT2D eigenvalue weighted by molar-refractivity contribution is 0.0706. The van der Waals surface area contributed by atoms with Crippen molar-refractivity contribution in [3.05, 3.63) is 0 Å². The first kappa shape index (κ1) is 43.6. The van der Waals surface area contributed by atoms with Gasteiger partial charge in [-0.1, -0.05) is 196 Å². The van der Waals surface area contributed by atoms with Gasteiger partial charge in [-0.3, -0.25) is 0 Å². The molecule has 0 aliphatic carbocycles. The quantitative estimate of drug-likeness (QED) is 0.0366. The maximum absolute atomic E-state index is 5.97. The molecule has 0 heterocycles. The van der Waals surface area contributed by atoms with Crippen molar-refractivity contribution in [1.82, 2.24) is 0 Å². The zero-order valence-corrected chi connectivity index (χ0v) is 32.4. The Morgan fingerprint density at radius 2 is 0.488 bits per heavy atom. The molecule has 0 atom stereocenters. The molecule has 0 rings (SSSR count). The summed E-state index contributed by atoms with van der Waals surface area (Å²) >= 11 is 3.52. The number of hydrogen-bond acceptors (Lipinski definition) is 3. The lowest BCUT2D eigenvalue weighted by Crippen LogP contribution is -2.45. The first-order chi connectivity index (χ1) is 21.2. The first-order valence-electron chi connectivity index (χ1n) is 19.7. The predicted molar refractivity (Wildman–Crippen MR) is 198 cm³/mol. The summed E-state index contributed by atoms with van der Waals surface area (Å²) in [5, 5.41) is 1.18. The Bertz CT molecular complexity index is 491. The van der Waals surface area contributed by atoms with E-state index >= 15 is 0 Å². The van der Waals surface area contributed by atoms with E-state index < -0.39 is 8.80 Å². The van der Waals surface area contributed by atoms with Crippen molar-refractivity contribution in [2.75, 3.05) is 25.2 Å². The molecule has 0 spiro atoms. The first-order valence-corrected chi connectivity index (χ1v) is 22.8. The molecule has 0 aromatic heterocycles. The van der Waals surface area contributed by atoms with Crippen molar-refractivity contribution in [1.29, 1.82) is 0 Å². The zero-order valence-electron chi connectivity index (χ0n) is 29.9. The van der Waals surface area contributed by atoms with Gasteiger partial charge in [-0.2, -0.15) is 0 Å². The molecule has 260 valence electrons. The molecule has 3 nitrogen and oxygen atoms in total. The van der Waals surface area contributed by atoms with Crippen molar-refractivity contribution in [2.45, 2.75) is 219 Å². The van der Waals surface area contributed by atoms with Crippen molar-refractivity contribution >= 4 is 24.7 Å². The van der Waals surface area contributed by atoms with Gasteiger partial charge < -0.3 is 13.3 Å². The van der Waals surface area contributed by atoms with E-state index in [9.17, 15) is 0 Å². The highest BCUT2D eigenvalue weighted by Crippen LogP contribution is 2.21. The van der Waals surface area contributed by atoms with Crippen LogP contribution >= 0.6 is 15.9 Å². The fourth-order valence-electron chi connectivity index (χ4n) is 6.39. The van der Waals surface area contributed by atoms with Crippen LogP contribution in [-0.4, -0.2) is 34.0 Å². The van der Waals surface area contributed by atoms with Gasteiger partial charge in [0.15, 0.2) is 0 Å². The van der Waals surface area contributed by atoms with Crippen molar-refractivity contribution in [2.24, 2.45) is 0 Å². The molecule has 0 amide bonds. The Balaban J connectivity index is 3.24. The van der Waals surface area contributed by atoms with Gasteiger partial charge in [0.25, 0.3) is 0 Å². The Morgan fingerprint density at radius 3 is 0.674 bits per heavy atom. The minimum absolute atomic E-state index is 0.686. The van der Waals surface area contributed by atoms with E-state index in [1.807, 2.05) is 20.8 Å². The minimum atomic E-state index is -2.42. The normalized spacial score (nSPS) is 12.0. The molecule has 0 radical (unpaired) electrons. The molecule has 43 heavy (non-hydrogen) atoms. The summed E-state index contributed by atoms with van der Waals surface area (Å²) in [6.45, 7) is 8.19. The largest absolute Gasteiger partial charge is 0.500 e. The maximum atomic E-state index is 5.97.